The van der Waals surface area contributed by atoms with Crippen LogP contribution in [0.1, 0.15) is 45.7 Å². The Morgan fingerprint density at radius 3 is 3.00 bits per heavy atom. The average molecular weight is 300 g/mol. The zero-order valence-corrected chi connectivity index (χ0v) is 12.2. The number of nitrogens with zero attached hydrogens (tertiary/aromatic N) is 1. The van der Waals surface area contributed by atoms with Gasteiger partial charge in [-0.25, -0.2) is 9.78 Å². The summed E-state index contributed by atoms with van der Waals surface area (Å²) in [5, 5.41) is 12.3. The molecule has 0 aromatic carbocycles. The van der Waals surface area contributed by atoms with Crippen molar-refractivity contribution in [2.75, 3.05) is 5.75 Å². The number of thiazole rings is 1. The highest BCUT2D eigenvalue weighted by Crippen LogP contribution is 2.30. The lowest BCUT2D eigenvalue weighted by atomic mass is 10.2. The number of thioether (sulfide) groups is 1. The van der Waals surface area contributed by atoms with Gasteiger partial charge in [-0.05, 0) is 25.0 Å². The molecule has 1 aromatic rings. The molecular weight excluding hydrogens is 284 g/mol. The molecule has 2 rings (SSSR count). The summed E-state index contributed by atoms with van der Waals surface area (Å²) in [6, 6.07) is 0.201. The second-order valence-electron chi connectivity index (χ2n) is 4.40. The molecule has 1 heterocycles. The van der Waals surface area contributed by atoms with E-state index in [0.29, 0.717) is 10.1 Å². The molecule has 1 amide bonds. The molecule has 1 fully saturated rings. The van der Waals surface area contributed by atoms with Crippen molar-refractivity contribution in [3.63, 3.8) is 0 Å². The van der Waals surface area contributed by atoms with Crippen LogP contribution in [0.15, 0.2) is 6.20 Å². The molecular formula is C12H16N2O3S2. The third-order valence-corrected chi connectivity index (χ3v) is 5.25. The fourth-order valence-electron chi connectivity index (χ4n) is 2.19. The molecule has 0 bridgehead atoms. The summed E-state index contributed by atoms with van der Waals surface area (Å²) in [5.41, 5.74) is 0. The summed E-state index contributed by atoms with van der Waals surface area (Å²) in [6.45, 7) is 2.14. The zero-order valence-electron chi connectivity index (χ0n) is 10.6. The maximum atomic E-state index is 12.0. The third kappa shape index (κ3) is 3.70. The summed E-state index contributed by atoms with van der Waals surface area (Å²) in [5.74, 6) is -0.205. The van der Waals surface area contributed by atoms with Crippen LogP contribution in [0.4, 0.5) is 0 Å². The Balaban J connectivity index is 1.89. The minimum atomic E-state index is -1.09. The van der Waals surface area contributed by atoms with Crippen LogP contribution in [0.25, 0.3) is 0 Å². The summed E-state index contributed by atoms with van der Waals surface area (Å²) >= 11 is 2.85. The van der Waals surface area contributed by atoms with Gasteiger partial charge in [-0.1, -0.05) is 6.92 Å². The van der Waals surface area contributed by atoms with Gasteiger partial charge in [0.05, 0.1) is 6.20 Å². The summed E-state index contributed by atoms with van der Waals surface area (Å²) in [4.78, 5) is 26.7. The normalized spacial score (nSPS) is 22.4. The maximum absolute atomic E-state index is 12.0. The quantitative estimate of drug-likeness (QED) is 0.872. The lowest BCUT2D eigenvalue weighted by molar-refractivity contribution is 0.0696. The van der Waals surface area contributed by atoms with Crippen LogP contribution in [0.2, 0.25) is 0 Å². The molecule has 2 N–H and O–H groups in total. The molecule has 1 aliphatic rings. The number of hydrogen-bond acceptors (Lipinski definition) is 5. The first-order valence-electron chi connectivity index (χ1n) is 6.21. The Hall–Kier alpha value is -1.08. The largest absolute Gasteiger partial charge is 0.476 e. The number of aromatic nitrogens is 1. The smallest absolute Gasteiger partial charge is 0.365 e. The van der Waals surface area contributed by atoms with Crippen LogP contribution in [-0.4, -0.2) is 39.0 Å². The van der Waals surface area contributed by atoms with Gasteiger partial charge in [0.2, 0.25) is 5.01 Å². The monoisotopic (exact) mass is 300 g/mol. The Bertz CT molecular complexity index is 475. The van der Waals surface area contributed by atoms with Crippen molar-refractivity contribution in [1.29, 1.82) is 0 Å². The van der Waals surface area contributed by atoms with Crippen molar-refractivity contribution >= 4 is 35.0 Å². The van der Waals surface area contributed by atoms with Crippen molar-refractivity contribution in [2.45, 2.75) is 37.5 Å². The van der Waals surface area contributed by atoms with Gasteiger partial charge in [0.25, 0.3) is 5.91 Å². The summed E-state index contributed by atoms with van der Waals surface area (Å²) in [6.07, 6.45) is 4.45. The predicted molar refractivity (Wildman–Crippen MR) is 76.1 cm³/mol. The van der Waals surface area contributed by atoms with Crippen molar-refractivity contribution < 1.29 is 14.7 Å². The fourth-order valence-corrected chi connectivity index (χ4v) is 3.99. The fraction of sp³-hybridized carbons (Fsp3) is 0.583. The molecule has 0 aliphatic heterocycles. The molecule has 19 heavy (non-hydrogen) atoms. The molecule has 2 atom stereocenters. The molecule has 0 spiro atoms. The topological polar surface area (TPSA) is 79.3 Å². The molecule has 1 saturated carbocycles. The van der Waals surface area contributed by atoms with E-state index in [1.807, 2.05) is 11.8 Å². The van der Waals surface area contributed by atoms with E-state index in [4.69, 9.17) is 5.11 Å². The number of carboxylic acids is 1. The van der Waals surface area contributed by atoms with Crippen molar-refractivity contribution in [2.24, 2.45) is 0 Å². The van der Waals surface area contributed by atoms with Crippen molar-refractivity contribution in [3.8, 4) is 0 Å². The lowest BCUT2D eigenvalue weighted by Gasteiger charge is -2.12. The number of nitrogens with one attached hydrogen (secondary N) is 1. The number of amides is 1. The Kier molecular flexibility index (Phi) is 4.81. The van der Waals surface area contributed by atoms with Gasteiger partial charge in [-0.3, -0.25) is 4.79 Å². The van der Waals surface area contributed by atoms with Crippen LogP contribution >= 0.6 is 23.1 Å². The van der Waals surface area contributed by atoms with Crippen LogP contribution in [0, 0.1) is 0 Å². The lowest BCUT2D eigenvalue weighted by Crippen LogP contribution is -2.32. The van der Waals surface area contributed by atoms with Crippen LogP contribution in [0.5, 0.6) is 0 Å². The third-order valence-electron chi connectivity index (χ3n) is 3.03. The first-order valence-corrected chi connectivity index (χ1v) is 8.08. The van der Waals surface area contributed by atoms with Gasteiger partial charge in [0.15, 0.2) is 0 Å². The van der Waals surface area contributed by atoms with Gasteiger partial charge >= 0.3 is 5.97 Å². The molecule has 104 valence electrons. The van der Waals surface area contributed by atoms with E-state index in [1.54, 1.807) is 0 Å². The molecule has 5 nitrogen and oxygen atoms in total. The highest BCUT2D eigenvalue weighted by molar-refractivity contribution is 7.99. The van der Waals surface area contributed by atoms with Gasteiger partial charge in [0, 0.05) is 11.3 Å². The highest BCUT2D eigenvalue weighted by Gasteiger charge is 2.26. The molecule has 0 radical (unpaired) electrons. The standard InChI is InChI=1S/C12H16N2O3S2/c1-2-18-8-4-3-7(5-8)14-10(15)9-6-13-11(19-9)12(16)17/h6-8H,2-5H2,1H3,(H,14,15)(H,16,17). The van der Waals surface area contributed by atoms with E-state index in [1.165, 1.54) is 6.20 Å². The number of hydrogen-bond donors (Lipinski definition) is 2. The van der Waals surface area contributed by atoms with Gasteiger partial charge in [0.1, 0.15) is 4.88 Å². The Labute approximate surface area is 119 Å². The van der Waals surface area contributed by atoms with Gasteiger partial charge in [-0.2, -0.15) is 11.8 Å². The predicted octanol–water partition coefficient (Wildman–Crippen LogP) is 2.25. The number of rotatable bonds is 5. The molecule has 7 heteroatoms. The second-order valence-corrected chi connectivity index (χ2v) is 7.00. The van der Waals surface area contributed by atoms with Crippen LogP contribution in [0.3, 0.4) is 0 Å². The first-order chi connectivity index (χ1) is 9.10. The van der Waals surface area contributed by atoms with Crippen molar-refractivity contribution in [1.82, 2.24) is 10.3 Å². The number of carbonyl (C=O) groups excluding carboxylic acids is 1. The van der Waals surface area contributed by atoms with E-state index in [-0.39, 0.29) is 17.0 Å². The van der Waals surface area contributed by atoms with Gasteiger partial charge < -0.3 is 10.4 Å². The zero-order chi connectivity index (χ0) is 13.8. The minimum absolute atomic E-state index is 0.0454. The average Bonchev–Trinajstić information content (AvgIpc) is 2.98. The Morgan fingerprint density at radius 2 is 2.37 bits per heavy atom. The van der Waals surface area contributed by atoms with Crippen LogP contribution in [-0.2, 0) is 0 Å². The maximum Gasteiger partial charge on any atom is 0.365 e. The van der Waals surface area contributed by atoms with E-state index in [2.05, 4.69) is 17.2 Å². The van der Waals surface area contributed by atoms with Crippen LogP contribution < -0.4 is 5.32 Å². The Morgan fingerprint density at radius 1 is 1.58 bits per heavy atom. The van der Waals surface area contributed by atoms with E-state index < -0.39 is 5.97 Å². The SMILES string of the molecule is CCSC1CCC(NC(=O)c2cnc(C(=O)O)s2)C1. The first kappa shape index (κ1) is 14.3. The highest BCUT2D eigenvalue weighted by atomic mass is 32.2. The van der Waals surface area contributed by atoms with E-state index >= 15 is 0 Å². The minimum Gasteiger partial charge on any atom is -0.476 e. The van der Waals surface area contributed by atoms with E-state index in [9.17, 15) is 9.59 Å². The second kappa shape index (κ2) is 6.38. The number of carbonyl (C=O) groups is 2. The molecule has 0 saturated heterocycles. The molecule has 1 aliphatic carbocycles. The van der Waals surface area contributed by atoms with Crippen molar-refractivity contribution in [3.05, 3.63) is 16.1 Å². The summed E-state index contributed by atoms with van der Waals surface area (Å²) in [7, 11) is 0. The molecule has 2 unspecified atom stereocenters. The molecule has 1 aromatic heterocycles. The van der Waals surface area contributed by atoms with Gasteiger partial charge in [-0.15, -0.1) is 11.3 Å². The van der Waals surface area contributed by atoms with E-state index in [0.717, 1.165) is 36.4 Å². The number of carboxylic acid groups (broad SMARTS) is 1. The number of aromatic carboxylic acids is 1. The summed E-state index contributed by atoms with van der Waals surface area (Å²) < 4.78 is 0.